The third kappa shape index (κ3) is 2.25. The van der Waals surface area contributed by atoms with Gasteiger partial charge in [-0.05, 0) is 25.8 Å². The number of nitrogens with zero attached hydrogens (tertiary/aromatic N) is 1. The van der Waals surface area contributed by atoms with E-state index in [1.54, 1.807) is 4.57 Å². The molecule has 1 aromatic carbocycles. The summed E-state index contributed by atoms with van der Waals surface area (Å²) in [6, 6.07) is 1.39. The minimum atomic E-state index is -1.59. The zero-order valence-corrected chi connectivity index (χ0v) is 11.8. The van der Waals surface area contributed by atoms with Crippen LogP contribution in [0.1, 0.15) is 24.4 Å². The zero-order chi connectivity index (χ0) is 15.3. The van der Waals surface area contributed by atoms with Crippen molar-refractivity contribution in [2.75, 3.05) is 0 Å². The molecule has 3 rings (SSSR count). The van der Waals surface area contributed by atoms with Crippen molar-refractivity contribution in [3.05, 3.63) is 38.9 Å². The molecule has 7 heteroatoms. The number of carboxylic acid groups (broad SMARTS) is 1. The molecule has 0 saturated heterocycles. The fourth-order valence-corrected chi connectivity index (χ4v) is 2.51. The molecular weight excluding hydrogens is 301 g/mol. The molecule has 1 saturated carbocycles. The van der Waals surface area contributed by atoms with Gasteiger partial charge in [0, 0.05) is 16.6 Å². The molecule has 0 aliphatic heterocycles. The lowest BCUT2D eigenvalue weighted by atomic mass is 10.1. The van der Waals surface area contributed by atoms with Crippen molar-refractivity contribution in [2.24, 2.45) is 0 Å². The summed E-state index contributed by atoms with van der Waals surface area (Å²) in [5, 5.41) is 8.83. The summed E-state index contributed by atoms with van der Waals surface area (Å²) in [6.45, 7) is 1.53. The maximum atomic E-state index is 14.5. The van der Waals surface area contributed by atoms with Gasteiger partial charge >= 0.3 is 6.16 Å². The van der Waals surface area contributed by atoms with Crippen LogP contribution in [0.5, 0.6) is 5.75 Å². The van der Waals surface area contributed by atoms with E-state index in [2.05, 4.69) is 4.74 Å². The summed E-state index contributed by atoms with van der Waals surface area (Å²) in [7, 11) is 0. The smallest absolute Gasteiger partial charge is 0.449 e. The second kappa shape index (κ2) is 4.73. The van der Waals surface area contributed by atoms with E-state index < -0.39 is 17.4 Å². The van der Waals surface area contributed by atoms with Crippen LogP contribution in [-0.4, -0.2) is 15.8 Å². The Morgan fingerprint density at radius 2 is 2.19 bits per heavy atom. The minimum Gasteiger partial charge on any atom is -0.449 e. The topological polar surface area (TPSA) is 68.5 Å². The van der Waals surface area contributed by atoms with Crippen molar-refractivity contribution in [1.29, 1.82) is 0 Å². The molecule has 2 aromatic rings. The molecule has 1 heterocycles. The number of rotatable bonds is 2. The predicted molar refractivity (Wildman–Crippen MR) is 74.8 cm³/mol. The highest BCUT2D eigenvalue weighted by atomic mass is 35.5. The van der Waals surface area contributed by atoms with Crippen molar-refractivity contribution >= 4 is 28.7 Å². The molecule has 0 bridgehead atoms. The molecule has 110 valence electrons. The van der Waals surface area contributed by atoms with E-state index in [-0.39, 0.29) is 33.3 Å². The Morgan fingerprint density at radius 1 is 1.52 bits per heavy atom. The first kappa shape index (κ1) is 13.9. The van der Waals surface area contributed by atoms with E-state index in [0.717, 1.165) is 12.8 Å². The number of fused-ring (bicyclic) bond motifs is 1. The number of hydrogen-bond acceptors (Lipinski definition) is 3. The van der Waals surface area contributed by atoms with Crippen LogP contribution in [0.4, 0.5) is 9.18 Å². The number of benzene rings is 1. The van der Waals surface area contributed by atoms with Crippen LogP contribution in [0.15, 0.2) is 17.1 Å². The Balaban J connectivity index is 2.40. The summed E-state index contributed by atoms with van der Waals surface area (Å²) in [5.41, 5.74) is -0.294. The number of halogens is 2. The molecule has 0 atom stereocenters. The summed E-state index contributed by atoms with van der Waals surface area (Å²) in [6.07, 6.45) is 1.34. The van der Waals surface area contributed by atoms with Gasteiger partial charge in [-0.15, -0.1) is 0 Å². The molecule has 0 amide bonds. The van der Waals surface area contributed by atoms with Gasteiger partial charge in [-0.2, -0.15) is 0 Å². The molecule has 1 fully saturated rings. The van der Waals surface area contributed by atoms with Crippen molar-refractivity contribution in [1.82, 2.24) is 4.57 Å². The molecule has 1 aliphatic carbocycles. The second-order valence-corrected chi connectivity index (χ2v) is 5.43. The van der Waals surface area contributed by atoms with E-state index in [1.807, 2.05) is 0 Å². The molecule has 5 nitrogen and oxygen atoms in total. The van der Waals surface area contributed by atoms with Gasteiger partial charge < -0.3 is 14.4 Å². The predicted octanol–water partition coefficient (Wildman–Crippen LogP) is 3.49. The fraction of sp³-hybridized carbons (Fsp3) is 0.286. The number of hydrogen-bond donors (Lipinski definition) is 1. The zero-order valence-electron chi connectivity index (χ0n) is 11.0. The third-order valence-corrected chi connectivity index (χ3v) is 3.93. The average molecular weight is 312 g/mol. The normalized spacial score (nSPS) is 14.4. The van der Waals surface area contributed by atoms with Crippen molar-refractivity contribution in [3.8, 4) is 5.75 Å². The van der Waals surface area contributed by atoms with Gasteiger partial charge in [-0.3, -0.25) is 4.79 Å². The highest BCUT2D eigenvalue weighted by molar-refractivity contribution is 6.32. The Morgan fingerprint density at radius 3 is 2.76 bits per heavy atom. The lowest BCUT2D eigenvalue weighted by Crippen LogP contribution is -2.17. The molecule has 1 aliphatic rings. The standard InChI is InChI=1S/C14H11ClFNO4/c1-6-9(15)4-8-12(11(6)16)17(7-2-3-7)5-10(13(8)18)21-14(19)20/h4-5,7H,2-3H2,1H3,(H,19,20). The largest absolute Gasteiger partial charge is 0.511 e. The lowest BCUT2D eigenvalue weighted by molar-refractivity contribution is 0.143. The number of carbonyl (C=O) groups is 1. The highest BCUT2D eigenvalue weighted by Gasteiger charge is 2.28. The number of aromatic nitrogens is 1. The molecule has 21 heavy (non-hydrogen) atoms. The monoisotopic (exact) mass is 311 g/mol. The van der Waals surface area contributed by atoms with Gasteiger partial charge in [0.2, 0.25) is 5.43 Å². The average Bonchev–Trinajstić information content (AvgIpc) is 3.23. The summed E-state index contributed by atoms with van der Waals surface area (Å²) in [5.74, 6) is -0.912. The SMILES string of the molecule is Cc1c(Cl)cc2c(=O)c(OC(=O)O)cn(C3CC3)c2c1F. The Bertz CT molecular complexity index is 826. The molecule has 0 radical (unpaired) electrons. The molecule has 1 aromatic heterocycles. The van der Waals surface area contributed by atoms with Gasteiger partial charge in [-0.25, -0.2) is 9.18 Å². The summed E-state index contributed by atoms with van der Waals surface area (Å²) >= 11 is 5.93. The first-order chi connectivity index (χ1) is 9.90. The van der Waals surface area contributed by atoms with E-state index >= 15 is 0 Å². The first-order valence-electron chi connectivity index (χ1n) is 6.34. The molecule has 1 N–H and O–H groups in total. The molecule has 0 unspecified atom stereocenters. The second-order valence-electron chi connectivity index (χ2n) is 5.02. The van der Waals surface area contributed by atoms with Crippen molar-refractivity contribution in [2.45, 2.75) is 25.8 Å². The lowest BCUT2D eigenvalue weighted by Gasteiger charge is -2.14. The fourth-order valence-electron chi connectivity index (χ4n) is 2.32. The van der Waals surface area contributed by atoms with Crippen LogP contribution >= 0.6 is 11.6 Å². The van der Waals surface area contributed by atoms with Crippen LogP contribution in [0, 0.1) is 12.7 Å². The first-order valence-corrected chi connectivity index (χ1v) is 6.72. The highest BCUT2D eigenvalue weighted by Crippen LogP contribution is 2.39. The van der Waals surface area contributed by atoms with Crippen LogP contribution < -0.4 is 10.2 Å². The quantitative estimate of drug-likeness (QED) is 0.862. The number of ether oxygens (including phenoxy) is 1. The maximum absolute atomic E-state index is 14.5. The third-order valence-electron chi connectivity index (χ3n) is 3.54. The van der Waals surface area contributed by atoms with Crippen LogP contribution in [0.25, 0.3) is 10.9 Å². The van der Waals surface area contributed by atoms with Gasteiger partial charge in [0.1, 0.15) is 0 Å². The Kier molecular flexibility index (Phi) is 3.13. The van der Waals surface area contributed by atoms with Gasteiger partial charge in [0.15, 0.2) is 11.6 Å². The summed E-state index contributed by atoms with van der Waals surface area (Å²) < 4.78 is 20.5. The van der Waals surface area contributed by atoms with E-state index in [1.165, 1.54) is 19.2 Å². The van der Waals surface area contributed by atoms with E-state index in [9.17, 15) is 14.0 Å². The van der Waals surface area contributed by atoms with Crippen molar-refractivity contribution in [3.63, 3.8) is 0 Å². The van der Waals surface area contributed by atoms with E-state index in [4.69, 9.17) is 16.7 Å². The molecule has 0 spiro atoms. The minimum absolute atomic E-state index is 0.0220. The number of pyridine rings is 1. The van der Waals surface area contributed by atoms with E-state index in [0.29, 0.717) is 0 Å². The van der Waals surface area contributed by atoms with Crippen LogP contribution in [0.2, 0.25) is 5.02 Å². The Labute approximate surface area is 123 Å². The summed E-state index contributed by atoms with van der Waals surface area (Å²) in [4.78, 5) is 22.9. The van der Waals surface area contributed by atoms with Gasteiger partial charge in [0.25, 0.3) is 0 Å². The maximum Gasteiger partial charge on any atom is 0.511 e. The van der Waals surface area contributed by atoms with Gasteiger partial charge in [0.05, 0.1) is 17.1 Å². The molecular formula is C14H11ClFNO4. The van der Waals surface area contributed by atoms with Gasteiger partial charge in [-0.1, -0.05) is 11.6 Å². The van der Waals surface area contributed by atoms with Crippen molar-refractivity contribution < 1.29 is 19.0 Å². The van der Waals surface area contributed by atoms with Crippen LogP contribution in [0.3, 0.4) is 0 Å². The van der Waals surface area contributed by atoms with Crippen LogP contribution in [-0.2, 0) is 0 Å². The Hall–Kier alpha value is -2.08.